The molecule has 4 nitrogen and oxygen atoms in total. The van der Waals surface area contributed by atoms with E-state index in [-0.39, 0.29) is 0 Å². The monoisotopic (exact) mass is 417 g/mol. The number of allylic oxidation sites excluding steroid dienone is 4. The second-order valence-corrected chi connectivity index (χ2v) is 7.83. The van der Waals surface area contributed by atoms with E-state index in [0.717, 1.165) is 17.0 Å². The van der Waals surface area contributed by atoms with Gasteiger partial charge in [-0.05, 0) is 64.4 Å². The van der Waals surface area contributed by atoms with Crippen LogP contribution in [0.25, 0.3) is 21.5 Å². The predicted octanol–water partition coefficient (Wildman–Crippen LogP) is 6.79. The Hall–Kier alpha value is -4.18. The zero-order chi connectivity index (χ0) is 21.9. The molecule has 0 unspecified atom stereocenters. The molecule has 0 radical (unpaired) electrons. The van der Waals surface area contributed by atoms with Gasteiger partial charge in [-0.15, -0.1) is 0 Å². The summed E-state index contributed by atoms with van der Waals surface area (Å²) in [6.07, 6.45) is 7.24. The third-order valence-corrected chi connectivity index (χ3v) is 5.59. The van der Waals surface area contributed by atoms with Crippen LogP contribution >= 0.6 is 0 Å². The molecule has 0 bridgehead atoms. The normalized spacial score (nSPS) is 14.4. The van der Waals surface area contributed by atoms with Crippen molar-refractivity contribution in [2.24, 2.45) is 5.10 Å². The molecular weight excluding hydrogens is 394 g/mol. The van der Waals surface area contributed by atoms with E-state index < -0.39 is 0 Å². The van der Waals surface area contributed by atoms with Crippen molar-refractivity contribution in [2.75, 3.05) is 5.43 Å². The van der Waals surface area contributed by atoms with Gasteiger partial charge in [0.2, 0.25) is 0 Å². The van der Waals surface area contributed by atoms with Gasteiger partial charge in [0, 0.05) is 5.56 Å². The van der Waals surface area contributed by atoms with Crippen molar-refractivity contribution in [3.05, 3.63) is 108 Å². The van der Waals surface area contributed by atoms with Crippen LogP contribution in [0, 0.1) is 12.3 Å². The van der Waals surface area contributed by atoms with Gasteiger partial charge >= 0.3 is 0 Å². The molecule has 0 spiro atoms. The number of fused-ring (bicyclic) bond motifs is 2. The maximum Gasteiger partial charge on any atom is 0.144 e. The Bertz CT molecular complexity index is 1380. The SMILES string of the molecule is Cc1ccc(OCc2c3ccccc3cc3ccccc23)c(N/N=C2/C=CC=CC2=N)c1. The van der Waals surface area contributed by atoms with E-state index in [0.29, 0.717) is 18.0 Å². The van der Waals surface area contributed by atoms with Gasteiger partial charge in [-0.3, -0.25) is 10.8 Å². The lowest BCUT2D eigenvalue weighted by Gasteiger charge is -2.15. The number of aryl methyl sites for hydroxylation is 1. The van der Waals surface area contributed by atoms with Crippen molar-refractivity contribution in [3.8, 4) is 5.75 Å². The first-order chi connectivity index (χ1) is 15.7. The van der Waals surface area contributed by atoms with Gasteiger partial charge in [-0.2, -0.15) is 5.10 Å². The fraction of sp³-hybridized carbons (Fsp3) is 0.0714. The average molecular weight is 418 g/mol. The van der Waals surface area contributed by atoms with Crippen molar-refractivity contribution in [1.82, 2.24) is 0 Å². The van der Waals surface area contributed by atoms with Gasteiger partial charge < -0.3 is 4.74 Å². The molecule has 0 saturated heterocycles. The molecule has 4 aromatic rings. The molecule has 0 fully saturated rings. The summed E-state index contributed by atoms with van der Waals surface area (Å²) in [6, 6.07) is 25.1. The molecule has 1 aliphatic rings. The largest absolute Gasteiger partial charge is 0.487 e. The highest BCUT2D eigenvalue weighted by atomic mass is 16.5. The zero-order valence-electron chi connectivity index (χ0n) is 17.8. The molecule has 1 aliphatic carbocycles. The lowest BCUT2D eigenvalue weighted by molar-refractivity contribution is 0.310. The Kier molecular flexibility index (Phi) is 5.26. The van der Waals surface area contributed by atoms with Crippen molar-refractivity contribution in [3.63, 3.8) is 0 Å². The van der Waals surface area contributed by atoms with Gasteiger partial charge in [-0.1, -0.05) is 66.7 Å². The summed E-state index contributed by atoms with van der Waals surface area (Å²) in [5.41, 5.74) is 7.10. The Labute approximate surface area is 187 Å². The molecule has 32 heavy (non-hydrogen) atoms. The van der Waals surface area contributed by atoms with Crippen LogP contribution in [0.3, 0.4) is 0 Å². The number of nitrogens with one attached hydrogen (secondary N) is 2. The summed E-state index contributed by atoms with van der Waals surface area (Å²) < 4.78 is 6.34. The number of rotatable bonds is 5. The second-order valence-electron chi connectivity index (χ2n) is 7.83. The number of hydrazone groups is 1. The standard InChI is InChI=1S/C28H23N3O/c1-19-14-15-28(27(16-19)31-30-26-13-7-6-12-25(26)29)32-18-24-22-10-4-2-8-20(22)17-21-9-3-5-11-23(21)24/h2-17,29,31H,18H2,1H3/b29-25?,30-26-. The molecule has 0 atom stereocenters. The van der Waals surface area contributed by atoms with Crippen molar-refractivity contribution in [2.45, 2.75) is 13.5 Å². The maximum atomic E-state index is 8.01. The number of hydrogen-bond donors (Lipinski definition) is 2. The number of benzene rings is 4. The first kappa shape index (κ1) is 19.8. The molecule has 0 aromatic heterocycles. The summed E-state index contributed by atoms with van der Waals surface area (Å²) in [4.78, 5) is 0. The van der Waals surface area contributed by atoms with Crippen LogP contribution in [0.15, 0.2) is 102 Å². The van der Waals surface area contributed by atoms with E-state index in [1.165, 1.54) is 27.1 Å². The number of hydrogen-bond acceptors (Lipinski definition) is 4. The van der Waals surface area contributed by atoms with Crippen LogP contribution in [-0.2, 0) is 6.61 Å². The number of ether oxygens (including phenoxy) is 1. The van der Waals surface area contributed by atoms with Gasteiger partial charge in [0.05, 0.1) is 11.4 Å². The Balaban J connectivity index is 1.48. The minimum absolute atomic E-state index is 0.373. The zero-order valence-corrected chi connectivity index (χ0v) is 17.8. The minimum Gasteiger partial charge on any atom is -0.487 e. The van der Waals surface area contributed by atoms with Gasteiger partial charge in [0.15, 0.2) is 0 Å². The Morgan fingerprint density at radius 2 is 1.53 bits per heavy atom. The molecule has 0 aliphatic heterocycles. The molecule has 4 aromatic carbocycles. The molecular formula is C28H23N3O. The highest BCUT2D eigenvalue weighted by molar-refractivity contribution is 6.50. The Morgan fingerprint density at radius 3 is 2.25 bits per heavy atom. The van der Waals surface area contributed by atoms with E-state index in [1.807, 2.05) is 43.4 Å². The summed E-state index contributed by atoms with van der Waals surface area (Å²) in [5, 5.41) is 17.2. The topological polar surface area (TPSA) is 57.5 Å². The molecule has 4 heteroatoms. The van der Waals surface area contributed by atoms with E-state index in [2.05, 4.69) is 65.1 Å². The summed E-state index contributed by atoms with van der Waals surface area (Å²) in [5.74, 6) is 0.721. The molecule has 5 rings (SSSR count). The average Bonchev–Trinajstić information content (AvgIpc) is 2.82. The fourth-order valence-corrected chi connectivity index (χ4v) is 3.96. The second kappa shape index (κ2) is 8.52. The lowest BCUT2D eigenvalue weighted by Crippen LogP contribution is -2.12. The summed E-state index contributed by atoms with van der Waals surface area (Å²) in [7, 11) is 0. The molecule has 156 valence electrons. The van der Waals surface area contributed by atoms with E-state index in [9.17, 15) is 0 Å². The van der Waals surface area contributed by atoms with Crippen LogP contribution in [0.2, 0.25) is 0 Å². The van der Waals surface area contributed by atoms with Crippen LogP contribution < -0.4 is 10.2 Å². The highest BCUT2D eigenvalue weighted by Crippen LogP contribution is 2.32. The van der Waals surface area contributed by atoms with Crippen LogP contribution in [0.1, 0.15) is 11.1 Å². The van der Waals surface area contributed by atoms with E-state index >= 15 is 0 Å². The predicted molar refractivity (Wildman–Crippen MR) is 134 cm³/mol. The first-order valence-electron chi connectivity index (χ1n) is 10.6. The van der Waals surface area contributed by atoms with E-state index in [4.69, 9.17) is 10.1 Å². The minimum atomic E-state index is 0.373. The van der Waals surface area contributed by atoms with Gasteiger partial charge in [0.25, 0.3) is 0 Å². The number of nitrogens with zero attached hydrogens (tertiary/aromatic N) is 1. The smallest absolute Gasteiger partial charge is 0.144 e. The van der Waals surface area contributed by atoms with Crippen molar-refractivity contribution in [1.29, 1.82) is 5.41 Å². The van der Waals surface area contributed by atoms with Crippen LogP contribution in [-0.4, -0.2) is 11.4 Å². The fourth-order valence-electron chi connectivity index (χ4n) is 3.96. The van der Waals surface area contributed by atoms with Crippen molar-refractivity contribution >= 4 is 38.7 Å². The Morgan fingerprint density at radius 1 is 0.844 bits per heavy atom. The lowest BCUT2D eigenvalue weighted by atomic mass is 9.97. The van der Waals surface area contributed by atoms with Crippen LogP contribution in [0.5, 0.6) is 5.75 Å². The van der Waals surface area contributed by atoms with Gasteiger partial charge in [-0.25, -0.2) is 0 Å². The number of anilines is 1. The maximum absolute atomic E-state index is 8.01. The molecule has 0 amide bonds. The molecule has 0 saturated carbocycles. The van der Waals surface area contributed by atoms with Crippen molar-refractivity contribution < 1.29 is 4.74 Å². The molecule has 2 N–H and O–H groups in total. The molecule has 0 heterocycles. The third-order valence-electron chi connectivity index (χ3n) is 5.59. The quantitative estimate of drug-likeness (QED) is 0.213. The first-order valence-corrected chi connectivity index (χ1v) is 10.6. The third kappa shape index (κ3) is 3.91. The van der Waals surface area contributed by atoms with Crippen LogP contribution in [0.4, 0.5) is 5.69 Å². The van der Waals surface area contributed by atoms with Gasteiger partial charge in [0.1, 0.15) is 18.1 Å². The van der Waals surface area contributed by atoms with E-state index in [1.54, 1.807) is 6.08 Å². The summed E-state index contributed by atoms with van der Waals surface area (Å²) in [6.45, 7) is 2.47. The highest BCUT2D eigenvalue weighted by Gasteiger charge is 2.11. The summed E-state index contributed by atoms with van der Waals surface area (Å²) >= 11 is 0.